The van der Waals surface area contributed by atoms with E-state index in [9.17, 15) is 4.39 Å². The largest absolute Gasteiger partial charge is 0.212 e. The Morgan fingerprint density at radius 2 is 2.20 bits per heavy atom. The minimum Gasteiger partial charge on any atom is -0.212 e. The summed E-state index contributed by atoms with van der Waals surface area (Å²) < 4.78 is 12.4. The van der Waals surface area contributed by atoms with E-state index in [4.69, 9.17) is 6.42 Å². The van der Waals surface area contributed by atoms with Gasteiger partial charge in [-0.2, -0.15) is 0 Å². The standard InChI is InChI=1S/C9H11F/c1-4-8(3)6-7-9(10)5-2/h1,6-7H,5H2,2-3H3/b8-6+,9-7+. The summed E-state index contributed by atoms with van der Waals surface area (Å²) in [6.45, 7) is 3.52. The van der Waals surface area contributed by atoms with Crippen molar-refractivity contribution < 1.29 is 4.39 Å². The molecule has 0 fully saturated rings. The quantitative estimate of drug-likeness (QED) is 0.406. The summed E-state index contributed by atoms with van der Waals surface area (Å²) in [7, 11) is 0. The molecule has 10 heavy (non-hydrogen) atoms. The highest BCUT2D eigenvalue weighted by Gasteiger charge is 1.84. The van der Waals surface area contributed by atoms with Crippen LogP contribution in [0.2, 0.25) is 0 Å². The van der Waals surface area contributed by atoms with Gasteiger partial charge in [-0.3, -0.25) is 0 Å². The van der Waals surface area contributed by atoms with Gasteiger partial charge in [-0.25, -0.2) is 4.39 Å². The third-order valence-corrected chi connectivity index (χ3v) is 1.08. The molecular weight excluding hydrogens is 127 g/mol. The van der Waals surface area contributed by atoms with E-state index in [0.717, 1.165) is 5.57 Å². The second kappa shape index (κ2) is 4.81. The van der Waals surface area contributed by atoms with Gasteiger partial charge in [0, 0.05) is 0 Å². The van der Waals surface area contributed by atoms with Crippen LogP contribution in [-0.2, 0) is 0 Å². The number of halogens is 1. The van der Waals surface area contributed by atoms with E-state index in [1.165, 1.54) is 6.08 Å². The number of rotatable bonds is 2. The van der Waals surface area contributed by atoms with Crippen molar-refractivity contribution in [3.05, 3.63) is 23.6 Å². The Bertz CT molecular complexity index is 191. The third-order valence-electron chi connectivity index (χ3n) is 1.08. The molecule has 0 spiro atoms. The molecule has 0 heterocycles. The van der Waals surface area contributed by atoms with Crippen LogP contribution in [0.1, 0.15) is 20.3 Å². The summed E-state index contributed by atoms with van der Waals surface area (Å²) >= 11 is 0. The molecule has 0 saturated carbocycles. The van der Waals surface area contributed by atoms with Crippen molar-refractivity contribution in [2.45, 2.75) is 20.3 Å². The van der Waals surface area contributed by atoms with Crippen molar-refractivity contribution in [1.29, 1.82) is 0 Å². The van der Waals surface area contributed by atoms with Crippen LogP contribution in [0.5, 0.6) is 0 Å². The second-order valence-corrected chi connectivity index (χ2v) is 1.96. The summed E-state index contributed by atoms with van der Waals surface area (Å²) in [6, 6.07) is 0. The van der Waals surface area contributed by atoms with Crippen LogP contribution in [0.15, 0.2) is 23.6 Å². The van der Waals surface area contributed by atoms with E-state index in [-0.39, 0.29) is 5.83 Å². The van der Waals surface area contributed by atoms with Gasteiger partial charge in [0.25, 0.3) is 0 Å². The molecule has 0 unspecified atom stereocenters. The normalized spacial score (nSPS) is 13.0. The van der Waals surface area contributed by atoms with Gasteiger partial charge in [0.05, 0.1) is 5.83 Å². The first-order valence-electron chi connectivity index (χ1n) is 3.20. The zero-order valence-corrected chi connectivity index (χ0v) is 6.32. The van der Waals surface area contributed by atoms with Gasteiger partial charge in [-0.15, -0.1) is 6.42 Å². The smallest absolute Gasteiger partial charge is 0.0997 e. The van der Waals surface area contributed by atoms with Crippen LogP contribution in [0.4, 0.5) is 4.39 Å². The average Bonchev–Trinajstić information content (AvgIpc) is 1.99. The zero-order valence-electron chi connectivity index (χ0n) is 6.32. The average molecular weight is 138 g/mol. The second-order valence-electron chi connectivity index (χ2n) is 1.96. The third kappa shape index (κ3) is 3.91. The van der Waals surface area contributed by atoms with Crippen molar-refractivity contribution in [3.63, 3.8) is 0 Å². The maximum absolute atomic E-state index is 12.4. The molecule has 0 aromatic carbocycles. The molecule has 1 heteroatoms. The van der Waals surface area contributed by atoms with Crippen molar-refractivity contribution in [2.24, 2.45) is 0 Å². The Morgan fingerprint density at radius 1 is 1.60 bits per heavy atom. The van der Waals surface area contributed by atoms with Crippen molar-refractivity contribution in [3.8, 4) is 12.3 Å². The Labute approximate surface area is 61.4 Å². The highest BCUT2D eigenvalue weighted by Crippen LogP contribution is 2.02. The summed E-state index contributed by atoms with van der Waals surface area (Å²) in [6.07, 6.45) is 8.45. The molecule has 0 atom stereocenters. The molecule has 0 saturated heterocycles. The van der Waals surface area contributed by atoms with Crippen LogP contribution in [0, 0.1) is 12.3 Å². The molecular formula is C9H11F. The van der Waals surface area contributed by atoms with E-state index in [2.05, 4.69) is 5.92 Å². The fourth-order valence-electron chi connectivity index (χ4n) is 0.381. The van der Waals surface area contributed by atoms with Gasteiger partial charge >= 0.3 is 0 Å². The minimum atomic E-state index is -0.144. The van der Waals surface area contributed by atoms with E-state index >= 15 is 0 Å². The predicted molar refractivity (Wildman–Crippen MR) is 42.1 cm³/mol. The van der Waals surface area contributed by atoms with Gasteiger partial charge in [-0.1, -0.05) is 12.8 Å². The lowest BCUT2D eigenvalue weighted by Crippen LogP contribution is -1.68. The summed E-state index contributed by atoms with van der Waals surface area (Å²) in [5.74, 6) is 2.25. The molecule has 0 amide bonds. The van der Waals surface area contributed by atoms with Crippen LogP contribution >= 0.6 is 0 Å². The Kier molecular flexibility index (Phi) is 4.32. The van der Waals surface area contributed by atoms with Crippen LogP contribution in [0.3, 0.4) is 0 Å². The molecule has 0 radical (unpaired) electrons. The van der Waals surface area contributed by atoms with Crippen molar-refractivity contribution in [1.82, 2.24) is 0 Å². The maximum atomic E-state index is 12.4. The lowest BCUT2D eigenvalue weighted by Gasteiger charge is -1.85. The first-order chi connectivity index (χ1) is 4.70. The SMILES string of the molecule is C#C/C(C)=C/C=C(/F)CC. The molecule has 0 nitrogen and oxygen atoms in total. The first-order valence-corrected chi connectivity index (χ1v) is 3.20. The highest BCUT2D eigenvalue weighted by atomic mass is 19.1. The number of hydrogen-bond donors (Lipinski definition) is 0. The van der Waals surface area contributed by atoms with Crippen LogP contribution < -0.4 is 0 Å². The lowest BCUT2D eigenvalue weighted by atomic mass is 10.2. The monoisotopic (exact) mass is 138 g/mol. The number of terminal acetylenes is 1. The van der Waals surface area contributed by atoms with Gasteiger partial charge in [0.2, 0.25) is 0 Å². The fourth-order valence-corrected chi connectivity index (χ4v) is 0.381. The zero-order chi connectivity index (χ0) is 7.98. The van der Waals surface area contributed by atoms with Gasteiger partial charge in [0.15, 0.2) is 0 Å². The number of allylic oxidation sites excluding steroid dienone is 4. The topological polar surface area (TPSA) is 0 Å². The van der Waals surface area contributed by atoms with Crippen molar-refractivity contribution >= 4 is 0 Å². The van der Waals surface area contributed by atoms with E-state index in [1.54, 1.807) is 19.9 Å². The molecule has 0 aliphatic rings. The fraction of sp³-hybridized carbons (Fsp3) is 0.333. The molecule has 0 aromatic heterocycles. The van der Waals surface area contributed by atoms with Crippen molar-refractivity contribution in [2.75, 3.05) is 0 Å². The van der Waals surface area contributed by atoms with Gasteiger partial charge in [-0.05, 0) is 31.1 Å². The number of hydrogen-bond acceptors (Lipinski definition) is 0. The maximum Gasteiger partial charge on any atom is 0.0997 e. The van der Waals surface area contributed by atoms with Crippen LogP contribution in [0.25, 0.3) is 0 Å². The van der Waals surface area contributed by atoms with Gasteiger partial charge in [0.1, 0.15) is 0 Å². The predicted octanol–water partition coefficient (Wildman–Crippen LogP) is 2.83. The molecule has 0 aromatic rings. The van der Waals surface area contributed by atoms with Gasteiger partial charge < -0.3 is 0 Å². The van der Waals surface area contributed by atoms with E-state index < -0.39 is 0 Å². The Hall–Kier alpha value is -1.03. The molecule has 0 aliphatic carbocycles. The summed E-state index contributed by atoms with van der Waals surface area (Å²) in [5.41, 5.74) is 0.739. The molecule has 0 rings (SSSR count). The molecule has 0 aliphatic heterocycles. The Morgan fingerprint density at radius 3 is 2.60 bits per heavy atom. The van der Waals surface area contributed by atoms with E-state index in [0.29, 0.717) is 6.42 Å². The summed E-state index contributed by atoms with van der Waals surface area (Å²) in [4.78, 5) is 0. The molecule has 54 valence electrons. The highest BCUT2D eigenvalue weighted by molar-refractivity contribution is 5.27. The molecule has 0 bridgehead atoms. The summed E-state index contributed by atoms with van der Waals surface area (Å²) in [5, 5.41) is 0. The van der Waals surface area contributed by atoms with Crippen LogP contribution in [-0.4, -0.2) is 0 Å². The minimum absolute atomic E-state index is 0.144. The molecule has 0 N–H and O–H groups in total. The van der Waals surface area contributed by atoms with E-state index in [1.807, 2.05) is 0 Å². The first kappa shape index (κ1) is 8.97. The Balaban J connectivity index is 4.07. The lowest BCUT2D eigenvalue weighted by molar-refractivity contribution is 0.604.